The molecule has 28 heavy (non-hydrogen) atoms. The minimum Gasteiger partial charge on any atom is -0.351 e. The number of fused-ring (bicyclic) bond motifs is 1. The highest BCUT2D eigenvalue weighted by atomic mass is 16.1. The Labute approximate surface area is 165 Å². The fraction of sp³-hybridized carbons (Fsp3) is 0.250. The van der Waals surface area contributed by atoms with E-state index in [0.29, 0.717) is 6.42 Å². The molecule has 0 aliphatic heterocycles. The monoisotopic (exact) mass is 371 g/mol. The van der Waals surface area contributed by atoms with Crippen molar-refractivity contribution in [2.45, 2.75) is 34.1 Å². The summed E-state index contributed by atoms with van der Waals surface area (Å²) < 4.78 is 4.13. The van der Waals surface area contributed by atoms with E-state index in [1.165, 1.54) is 5.56 Å². The van der Waals surface area contributed by atoms with Crippen LogP contribution in [-0.2, 0) is 13.5 Å². The Hall–Kier alpha value is -3.14. The molecule has 4 heteroatoms. The molecular weight excluding hydrogens is 346 g/mol. The van der Waals surface area contributed by atoms with Crippen LogP contribution in [0.4, 0.5) is 0 Å². The molecule has 4 aromatic rings. The Kier molecular flexibility index (Phi) is 4.42. The maximum absolute atomic E-state index is 13.2. The molecule has 0 aliphatic carbocycles. The number of nitrogens with zero attached hydrogens (tertiary/aromatic N) is 3. The zero-order valence-corrected chi connectivity index (χ0v) is 17.1. The van der Waals surface area contributed by atoms with E-state index in [4.69, 9.17) is 4.98 Å². The molecule has 142 valence electrons. The molecule has 0 atom stereocenters. The molecule has 0 fully saturated rings. The third-order valence-electron chi connectivity index (χ3n) is 5.59. The van der Waals surface area contributed by atoms with Crippen molar-refractivity contribution < 1.29 is 4.79 Å². The summed E-state index contributed by atoms with van der Waals surface area (Å²) >= 11 is 0. The number of imidazole rings is 1. The van der Waals surface area contributed by atoms with Gasteiger partial charge in [-0.15, -0.1) is 0 Å². The van der Waals surface area contributed by atoms with E-state index >= 15 is 0 Å². The molecule has 0 unspecified atom stereocenters. The van der Waals surface area contributed by atoms with E-state index in [1.54, 1.807) is 0 Å². The van der Waals surface area contributed by atoms with Gasteiger partial charge < -0.3 is 8.97 Å². The van der Waals surface area contributed by atoms with Gasteiger partial charge in [-0.05, 0) is 45.4 Å². The van der Waals surface area contributed by atoms with Gasteiger partial charge in [0, 0.05) is 35.8 Å². The van der Waals surface area contributed by atoms with E-state index in [-0.39, 0.29) is 5.78 Å². The summed E-state index contributed by atoms with van der Waals surface area (Å²) in [6.07, 6.45) is 2.38. The van der Waals surface area contributed by atoms with E-state index in [1.807, 2.05) is 33.0 Å². The van der Waals surface area contributed by atoms with E-state index in [2.05, 4.69) is 59.3 Å². The summed E-state index contributed by atoms with van der Waals surface area (Å²) in [7, 11) is 2.00. The van der Waals surface area contributed by atoms with Crippen molar-refractivity contribution in [2.24, 2.45) is 7.05 Å². The first-order chi connectivity index (χ1) is 13.3. The SMILES string of the molecule is Cc1ccc(-c2nc3ccc(C)cn3c2CC(=O)c2cc(C)n(C)c2C)cc1. The number of hydrogen-bond acceptors (Lipinski definition) is 2. The van der Waals surface area contributed by atoms with Gasteiger partial charge >= 0.3 is 0 Å². The van der Waals surface area contributed by atoms with Crippen molar-refractivity contribution in [1.82, 2.24) is 14.0 Å². The molecule has 1 aromatic carbocycles. The maximum atomic E-state index is 13.2. The highest BCUT2D eigenvalue weighted by Crippen LogP contribution is 2.27. The minimum atomic E-state index is 0.123. The summed E-state index contributed by atoms with van der Waals surface area (Å²) in [6, 6.07) is 14.4. The zero-order chi connectivity index (χ0) is 20.0. The largest absolute Gasteiger partial charge is 0.351 e. The van der Waals surface area contributed by atoms with Gasteiger partial charge in [0.2, 0.25) is 0 Å². The summed E-state index contributed by atoms with van der Waals surface area (Å²) in [6.45, 7) is 8.15. The van der Waals surface area contributed by atoms with Crippen molar-refractivity contribution in [2.75, 3.05) is 0 Å². The fourth-order valence-electron chi connectivity index (χ4n) is 3.70. The lowest BCUT2D eigenvalue weighted by molar-refractivity contribution is 0.0991. The number of Topliss-reactive ketones (excluding diaryl/α,β-unsaturated/α-hetero) is 1. The molecule has 4 nitrogen and oxygen atoms in total. The Morgan fingerprint density at radius 1 is 0.964 bits per heavy atom. The average Bonchev–Trinajstić information content (AvgIpc) is 3.15. The quantitative estimate of drug-likeness (QED) is 0.474. The normalized spacial score (nSPS) is 11.3. The van der Waals surface area contributed by atoms with Crippen molar-refractivity contribution in [3.05, 3.63) is 82.4 Å². The second-order valence-corrected chi connectivity index (χ2v) is 7.65. The lowest BCUT2D eigenvalue weighted by Gasteiger charge is -2.07. The number of aromatic nitrogens is 3. The molecule has 0 saturated heterocycles. The predicted octanol–water partition coefficient (Wildman–Crippen LogP) is 5.00. The van der Waals surface area contributed by atoms with Crippen LogP contribution in [0, 0.1) is 27.7 Å². The number of ketones is 1. The van der Waals surface area contributed by atoms with Crippen LogP contribution in [0.2, 0.25) is 0 Å². The standard InChI is InChI=1S/C24H25N3O/c1-15-6-9-19(10-7-15)24-21(27-14-16(2)8-11-23(27)25-24)13-22(28)20-12-17(3)26(5)18(20)4/h6-12,14H,13H2,1-5H3. The lowest BCUT2D eigenvalue weighted by atomic mass is 10.0. The Bertz CT molecular complexity index is 1190. The van der Waals surface area contributed by atoms with Gasteiger partial charge in [0.15, 0.2) is 5.78 Å². The van der Waals surface area contributed by atoms with E-state index in [0.717, 1.165) is 45.1 Å². The molecular formula is C24H25N3O. The smallest absolute Gasteiger partial charge is 0.170 e. The van der Waals surface area contributed by atoms with Gasteiger partial charge in [0.25, 0.3) is 0 Å². The minimum absolute atomic E-state index is 0.123. The van der Waals surface area contributed by atoms with Crippen LogP contribution in [0.25, 0.3) is 16.9 Å². The Morgan fingerprint density at radius 2 is 1.64 bits per heavy atom. The molecule has 0 bridgehead atoms. The molecule has 4 rings (SSSR count). The molecule has 0 saturated carbocycles. The number of carbonyl (C=O) groups is 1. The average molecular weight is 371 g/mol. The molecule has 0 amide bonds. The van der Waals surface area contributed by atoms with Crippen LogP contribution in [-0.4, -0.2) is 19.7 Å². The number of aryl methyl sites for hydroxylation is 3. The topological polar surface area (TPSA) is 39.3 Å². The third kappa shape index (κ3) is 3.05. The molecule has 0 spiro atoms. The van der Waals surface area contributed by atoms with Crippen molar-refractivity contribution >= 4 is 11.4 Å². The van der Waals surface area contributed by atoms with Gasteiger partial charge in [-0.1, -0.05) is 35.9 Å². The molecule has 0 N–H and O–H groups in total. The summed E-state index contributed by atoms with van der Waals surface area (Å²) in [5.41, 5.74) is 8.95. The molecule has 0 radical (unpaired) electrons. The Morgan fingerprint density at radius 3 is 2.29 bits per heavy atom. The Balaban J connectivity index is 1.85. The number of carbonyl (C=O) groups excluding carboxylic acids is 1. The van der Waals surface area contributed by atoms with Crippen LogP contribution < -0.4 is 0 Å². The second kappa shape index (κ2) is 6.79. The van der Waals surface area contributed by atoms with Gasteiger partial charge in [0.1, 0.15) is 5.65 Å². The second-order valence-electron chi connectivity index (χ2n) is 7.65. The molecule has 0 aliphatic rings. The number of benzene rings is 1. The van der Waals surface area contributed by atoms with Crippen LogP contribution in [0.15, 0.2) is 48.7 Å². The van der Waals surface area contributed by atoms with E-state index in [9.17, 15) is 4.79 Å². The van der Waals surface area contributed by atoms with Crippen LogP contribution in [0.3, 0.4) is 0 Å². The van der Waals surface area contributed by atoms with Gasteiger partial charge in [-0.3, -0.25) is 4.79 Å². The molecule has 3 heterocycles. The predicted molar refractivity (Wildman–Crippen MR) is 113 cm³/mol. The molecule has 3 aromatic heterocycles. The maximum Gasteiger partial charge on any atom is 0.170 e. The van der Waals surface area contributed by atoms with Crippen molar-refractivity contribution in [1.29, 1.82) is 0 Å². The first-order valence-corrected chi connectivity index (χ1v) is 9.56. The summed E-state index contributed by atoms with van der Waals surface area (Å²) in [4.78, 5) is 18.1. The van der Waals surface area contributed by atoms with Gasteiger partial charge in [-0.2, -0.15) is 0 Å². The lowest BCUT2D eigenvalue weighted by Crippen LogP contribution is -2.08. The summed E-state index contributed by atoms with van der Waals surface area (Å²) in [5.74, 6) is 0.123. The van der Waals surface area contributed by atoms with Crippen LogP contribution in [0.5, 0.6) is 0 Å². The highest BCUT2D eigenvalue weighted by molar-refractivity contribution is 5.99. The zero-order valence-electron chi connectivity index (χ0n) is 17.1. The highest BCUT2D eigenvalue weighted by Gasteiger charge is 2.20. The van der Waals surface area contributed by atoms with Crippen LogP contribution >= 0.6 is 0 Å². The van der Waals surface area contributed by atoms with Crippen LogP contribution in [0.1, 0.15) is 38.6 Å². The van der Waals surface area contributed by atoms with Gasteiger partial charge in [-0.25, -0.2) is 4.98 Å². The van der Waals surface area contributed by atoms with Gasteiger partial charge in [0.05, 0.1) is 17.8 Å². The van der Waals surface area contributed by atoms with Crippen molar-refractivity contribution in [3.8, 4) is 11.3 Å². The van der Waals surface area contributed by atoms with Crippen molar-refractivity contribution in [3.63, 3.8) is 0 Å². The first-order valence-electron chi connectivity index (χ1n) is 9.56. The number of pyridine rings is 1. The summed E-state index contributed by atoms with van der Waals surface area (Å²) in [5, 5.41) is 0. The first kappa shape index (κ1) is 18.2. The number of hydrogen-bond donors (Lipinski definition) is 0. The number of rotatable bonds is 4. The van der Waals surface area contributed by atoms with E-state index < -0.39 is 0 Å². The fourth-order valence-corrected chi connectivity index (χ4v) is 3.70. The third-order valence-corrected chi connectivity index (χ3v) is 5.59.